The minimum Gasteiger partial charge on any atom is -0.493 e. The molecule has 0 aliphatic carbocycles. The standard InChI is InChI=1S/C19H22BrNO4/c1-11(2)25-18-9-15(20)13(8-17(18)24-4)10-21-16-7-5-6-14(12(16)3)19(22)23/h5-9,11,21H,10H2,1-4H3,(H,22,23). The van der Waals surface area contributed by atoms with Gasteiger partial charge in [-0.1, -0.05) is 22.0 Å². The number of anilines is 1. The zero-order valence-electron chi connectivity index (χ0n) is 14.7. The molecular formula is C19H22BrNO4. The van der Waals surface area contributed by atoms with Crippen molar-refractivity contribution >= 4 is 27.6 Å². The number of carboxylic acid groups (broad SMARTS) is 1. The number of halogens is 1. The van der Waals surface area contributed by atoms with Crippen molar-refractivity contribution < 1.29 is 19.4 Å². The van der Waals surface area contributed by atoms with Gasteiger partial charge in [-0.15, -0.1) is 0 Å². The van der Waals surface area contributed by atoms with Gasteiger partial charge in [-0.2, -0.15) is 0 Å². The number of nitrogens with one attached hydrogen (secondary N) is 1. The summed E-state index contributed by atoms with van der Waals surface area (Å²) < 4.78 is 12.1. The summed E-state index contributed by atoms with van der Waals surface area (Å²) in [5, 5.41) is 12.5. The molecule has 134 valence electrons. The Labute approximate surface area is 156 Å². The van der Waals surface area contributed by atoms with Gasteiger partial charge in [0.05, 0.1) is 18.8 Å². The summed E-state index contributed by atoms with van der Waals surface area (Å²) in [7, 11) is 1.61. The summed E-state index contributed by atoms with van der Waals surface area (Å²) in [5.41, 5.74) is 2.77. The Morgan fingerprint density at radius 3 is 2.60 bits per heavy atom. The second-order valence-electron chi connectivity index (χ2n) is 5.90. The highest BCUT2D eigenvalue weighted by molar-refractivity contribution is 9.10. The van der Waals surface area contributed by atoms with Crippen LogP contribution < -0.4 is 14.8 Å². The van der Waals surface area contributed by atoms with Crippen molar-refractivity contribution in [2.45, 2.75) is 33.4 Å². The zero-order valence-corrected chi connectivity index (χ0v) is 16.3. The Hall–Kier alpha value is -2.21. The molecule has 2 aromatic rings. The van der Waals surface area contributed by atoms with Crippen molar-refractivity contribution in [2.75, 3.05) is 12.4 Å². The van der Waals surface area contributed by atoms with E-state index in [9.17, 15) is 9.90 Å². The molecule has 0 fully saturated rings. The maximum absolute atomic E-state index is 11.2. The van der Waals surface area contributed by atoms with Crippen LogP contribution in [0.4, 0.5) is 5.69 Å². The van der Waals surface area contributed by atoms with E-state index >= 15 is 0 Å². The van der Waals surface area contributed by atoms with Gasteiger partial charge >= 0.3 is 5.97 Å². The molecule has 2 rings (SSSR count). The third-order valence-corrected chi connectivity index (χ3v) is 4.47. The van der Waals surface area contributed by atoms with Gasteiger partial charge in [-0.25, -0.2) is 4.79 Å². The molecule has 0 aliphatic rings. The lowest BCUT2D eigenvalue weighted by Gasteiger charge is -2.17. The highest BCUT2D eigenvalue weighted by atomic mass is 79.9. The van der Waals surface area contributed by atoms with E-state index in [1.54, 1.807) is 26.2 Å². The Balaban J connectivity index is 2.24. The SMILES string of the molecule is COc1cc(CNc2cccc(C(=O)O)c2C)c(Br)cc1OC(C)C. The van der Waals surface area contributed by atoms with Gasteiger partial charge < -0.3 is 19.9 Å². The molecule has 0 heterocycles. The van der Waals surface area contributed by atoms with E-state index in [-0.39, 0.29) is 6.10 Å². The van der Waals surface area contributed by atoms with Gasteiger partial charge in [0.1, 0.15) is 0 Å². The molecule has 0 aromatic heterocycles. The van der Waals surface area contributed by atoms with Crippen LogP contribution in [0.1, 0.15) is 35.3 Å². The number of carboxylic acids is 1. The number of methoxy groups -OCH3 is 1. The van der Waals surface area contributed by atoms with Gasteiger partial charge in [-0.05, 0) is 56.2 Å². The minimum absolute atomic E-state index is 0.0474. The summed E-state index contributed by atoms with van der Waals surface area (Å²) in [4.78, 5) is 11.2. The van der Waals surface area contributed by atoms with E-state index in [0.29, 0.717) is 29.2 Å². The van der Waals surface area contributed by atoms with Crippen molar-refractivity contribution in [1.29, 1.82) is 0 Å². The Kier molecular flexibility index (Phi) is 6.31. The van der Waals surface area contributed by atoms with Crippen molar-refractivity contribution in [1.82, 2.24) is 0 Å². The molecule has 0 bridgehead atoms. The van der Waals surface area contributed by atoms with E-state index < -0.39 is 5.97 Å². The number of hydrogen-bond donors (Lipinski definition) is 2. The van der Waals surface area contributed by atoms with Gasteiger partial charge in [0.2, 0.25) is 0 Å². The maximum Gasteiger partial charge on any atom is 0.336 e. The molecule has 0 radical (unpaired) electrons. The van der Waals surface area contributed by atoms with Crippen molar-refractivity contribution in [3.8, 4) is 11.5 Å². The molecule has 2 N–H and O–H groups in total. The van der Waals surface area contributed by atoms with Crippen LogP contribution in [0.3, 0.4) is 0 Å². The first kappa shape index (κ1) is 19.1. The number of aromatic carboxylic acids is 1. The summed E-state index contributed by atoms with van der Waals surface area (Å²) >= 11 is 3.56. The number of ether oxygens (including phenoxy) is 2. The van der Waals surface area contributed by atoms with Gasteiger partial charge in [0.15, 0.2) is 11.5 Å². The quantitative estimate of drug-likeness (QED) is 0.685. The zero-order chi connectivity index (χ0) is 18.6. The van der Waals surface area contributed by atoms with E-state index in [1.165, 1.54) is 0 Å². The lowest BCUT2D eigenvalue weighted by molar-refractivity contribution is 0.0696. The van der Waals surface area contributed by atoms with Crippen LogP contribution in [0.15, 0.2) is 34.8 Å². The Bertz CT molecular complexity index is 774. The van der Waals surface area contributed by atoms with Crippen LogP contribution in [0.2, 0.25) is 0 Å². The number of carbonyl (C=O) groups is 1. The predicted octanol–water partition coefficient (Wildman–Crippen LogP) is 4.86. The topological polar surface area (TPSA) is 67.8 Å². The van der Waals surface area contributed by atoms with Crippen LogP contribution >= 0.6 is 15.9 Å². The Morgan fingerprint density at radius 1 is 1.28 bits per heavy atom. The van der Waals surface area contributed by atoms with Crippen molar-refractivity contribution in [2.24, 2.45) is 0 Å². The van der Waals surface area contributed by atoms with Gasteiger partial charge in [0, 0.05) is 16.7 Å². The largest absolute Gasteiger partial charge is 0.493 e. The van der Waals surface area contributed by atoms with Crippen LogP contribution in [0, 0.1) is 6.92 Å². The molecule has 0 saturated carbocycles. The fourth-order valence-electron chi connectivity index (χ4n) is 2.47. The molecule has 0 amide bonds. The second-order valence-corrected chi connectivity index (χ2v) is 6.75. The fraction of sp³-hybridized carbons (Fsp3) is 0.316. The van der Waals surface area contributed by atoms with Crippen LogP contribution in [-0.2, 0) is 6.54 Å². The lowest BCUT2D eigenvalue weighted by atomic mass is 10.1. The highest BCUT2D eigenvalue weighted by Gasteiger charge is 2.13. The fourth-order valence-corrected chi connectivity index (χ4v) is 2.93. The molecule has 0 aliphatic heterocycles. The average Bonchev–Trinajstić information content (AvgIpc) is 2.54. The van der Waals surface area contributed by atoms with Crippen molar-refractivity contribution in [3.05, 3.63) is 51.5 Å². The molecule has 6 heteroatoms. The normalized spacial score (nSPS) is 10.6. The molecule has 0 saturated heterocycles. The second kappa shape index (κ2) is 8.25. The molecule has 0 spiro atoms. The monoisotopic (exact) mass is 407 g/mol. The summed E-state index contributed by atoms with van der Waals surface area (Å²) in [6.07, 6.45) is 0.0474. The van der Waals surface area contributed by atoms with Crippen LogP contribution in [0.25, 0.3) is 0 Å². The van der Waals surface area contributed by atoms with E-state index in [1.807, 2.05) is 32.0 Å². The van der Waals surface area contributed by atoms with E-state index in [4.69, 9.17) is 9.47 Å². The number of benzene rings is 2. The van der Waals surface area contributed by atoms with Crippen molar-refractivity contribution in [3.63, 3.8) is 0 Å². The van der Waals surface area contributed by atoms with Crippen LogP contribution in [-0.4, -0.2) is 24.3 Å². The summed E-state index contributed by atoms with van der Waals surface area (Å²) in [5.74, 6) is 0.404. The number of hydrogen-bond acceptors (Lipinski definition) is 4. The highest BCUT2D eigenvalue weighted by Crippen LogP contribution is 2.34. The molecular weight excluding hydrogens is 386 g/mol. The third-order valence-electron chi connectivity index (χ3n) is 3.73. The van der Waals surface area contributed by atoms with Gasteiger partial charge in [0.25, 0.3) is 0 Å². The first-order chi connectivity index (χ1) is 11.8. The average molecular weight is 408 g/mol. The summed E-state index contributed by atoms with van der Waals surface area (Å²) in [6.45, 7) is 6.23. The number of rotatable bonds is 7. The third kappa shape index (κ3) is 4.66. The van der Waals surface area contributed by atoms with E-state index in [2.05, 4.69) is 21.2 Å². The summed E-state index contributed by atoms with van der Waals surface area (Å²) in [6, 6.07) is 8.98. The van der Waals surface area contributed by atoms with E-state index in [0.717, 1.165) is 15.7 Å². The maximum atomic E-state index is 11.2. The van der Waals surface area contributed by atoms with Crippen LogP contribution in [0.5, 0.6) is 11.5 Å². The molecule has 25 heavy (non-hydrogen) atoms. The molecule has 2 aromatic carbocycles. The Morgan fingerprint density at radius 2 is 2.00 bits per heavy atom. The minimum atomic E-state index is -0.931. The smallest absolute Gasteiger partial charge is 0.336 e. The first-order valence-corrected chi connectivity index (χ1v) is 8.72. The molecule has 0 atom stereocenters. The predicted molar refractivity (Wildman–Crippen MR) is 102 cm³/mol. The first-order valence-electron chi connectivity index (χ1n) is 7.93. The molecule has 5 nitrogen and oxygen atoms in total. The lowest BCUT2D eigenvalue weighted by Crippen LogP contribution is -2.08. The van der Waals surface area contributed by atoms with Gasteiger partial charge in [-0.3, -0.25) is 0 Å². The molecule has 0 unspecified atom stereocenters.